The van der Waals surface area contributed by atoms with E-state index in [1.54, 1.807) is 45.2 Å². The lowest BCUT2D eigenvalue weighted by Gasteiger charge is -2.37. The SMILES string of the molecule is Cc1cc(Oc2nccc(C)c2OC(F)F)ccc1C1C(C)C(=O)NC(=O)N1C. The second kappa shape index (κ2) is 8.02. The monoisotopic (exact) mass is 405 g/mol. The van der Waals surface area contributed by atoms with Crippen molar-refractivity contribution in [1.29, 1.82) is 0 Å². The van der Waals surface area contributed by atoms with E-state index >= 15 is 0 Å². The maximum atomic E-state index is 12.7. The van der Waals surface area contributed by atoms with Gasteiger partial charge < -0.3 is 14.4 Å². The third-order valence-corrected chi connectivity index (χ3v) is 4.91. The Kier molecular flexibility index (Phi) is 5.67. The summed E-state index contributed by atoms with van der Waals surface area (Å²) in [5.41, 5.74) is 2.03. The molecule has 1 aliphatic heterocycles. The summed E-state index contributed by atoms with van der Waals surface area (Å²) in [5.74, 6) is -0.615. The standard InChI is InChI=1S/C20H21F2N3O4/c1-10-7-8-23-18(16(10)29-19(21)22)28-13-5-6-14(11(2)9-13)15-12(3)17(26)24-20(27)25(15)4/h5-9,12,15,19H,1-4H3,(H,24,26,27). The quantitative estimate of drug-likeness (QED) is 0.815. The molecular formula is C20H21F2N3O4. The lowest BCUT2D eigenvalue weighted by Crippen LogP contribution is -2.53. The van der Waals surface area contributed by atoms with Crippen molar-refractivity contribution >= 4 is 11.9 Å². The molecule has 0 radical (unpaired) electrons. The van der Waals surface area contributed by atoms with E-state index in [0.29, 0.717) is 11.3 Å². The van der Waals surface area contributed by atoms with Crippen molar-refractivity contribution in [1.82, 2.24) is 15.2 Å². The number of hydrogen-bond donors (Lipinski definition) is 1. The van der Waals surface area contributed by atoms with Crippen LogP contribution in [0, 0.1) is 19.8 Å². The van der Waals surface area contributed by atoms with E-state index in [1.807, 2.05) is 6.92 Å². The van der Waals surface area contributed by atoms with E-state index in [0.717, 1.165) is 11.1 Å². The molecule has 7 nitrogen and oxygen atoms in total. The van der Waals surface area contributed by atoms with Crippen molar-refractivity contribution in [3.05, 3.63) is 47.2 Å². The van der Waals surface area contributed by atoms with Crippen LogP contribution >= 0.6 is 0 Å². The zero-order valence-corrected chi connectivity index (χ0v) is 16.4. The Hall–Kier alpha value is -3.23. The van der Waals surface area contributed by atoms with E-state index in [-0.39, 0.29) is 17.5 Å². The molecule has 1 aliphatic rings. The molecule has 0 spiro atoms. The minimum atomic E-state index is -3.00. The van der Waals surface area contributed by atoms with Gasteiger partial charge in [0.1, 0.15) is 5.75 Å². The Morgan fingerprint density at radius 3 is 2.55 bits per heavy atom. The van der Waals surface area contributed by atoms with Gasteiger partial charge in [0, 0.05) is 13.2 Å². The van der Waals surface area contributed by atoms with Crippen LogP contribution in [-0.2, 0) is 4.79 Å². The van der Waals surface area contributed by atoms with Gasteiger partial charge in [0.15, 0.2) is 5.75 Å². The van der Waals surface area contributed by atoms with Crippen LogP contribution in [0.25, 0.3) is 0 Å². The molecule has 9 heteroatoms. The van der Waals surface area contributed by atoms with Gasteiger partial charge >= 0.3 is 12.6 Å². The first-order chi connectivity index (χ1) is 13.7. The molecule has 154 valence electrons. The number of rotatable bonds is 5. The summed E-state index contributed by atoms with van der Waals surface area (Å²) < 4.78 is 35.6. The molecule has 1 N–H and O–H groups in total. The second-order valence-corrected chi connectivity index (χ2v) is 6.90. The zero-order valence-electron chi connectivity index (χ0n) is 16.4. The summed E-state index contributed by atoms with van der Waals surface area (Å²) in [4.78, 5) is 29.5. The van der Waals surface area contributed by atoms with Gasteiger partial charge in [-0.15, -0.1) is 0 Å². The molecule has 0 aliphatic carbocycles. The highest BCUT2D eigenvalue weighted by atomic mass is 19.3. The number of amides is 3. The van der Waals surface area contributed by atoms with Crippen LogP contribution in [0.5, 0.6) is 17.4 Å². The maximum Gasteiger partial charge on any atom is 0.387 e. The average molecular weight is 405 g/mol. The van der Waals surface area contributed by atoms with Crippen LogP contribution in [0.15, 0.2) is 30.5 Å². The number of hydrogen-bond acceptors (Lipinski definition) is 5. The Bertz CT molecular complexity index is 931. The van der Waals surface area contributed by atoms with E-state index in [9.17, 15) is 18.4 Å². The first kappa shape index (κ1) is 20.5. The van der Waals surface area contributed by atoms with E-state index < -0.39 is 24.6 Å². The number of alkyl halides is 2. The van der Waals surface area contributed by atoms with Gasteiger partial charge in [0.25, 0.3) is 5.88 Å². The molecule has 1 aromatic carbocycles. The first-order valence-corrected chi connectivity index (χ1v) is 8.95. The molecule has 1 saturated heterocycles. The molecule has 29 heavy (non-hydrogen) atoms. The highest BCUT2D eigenvalue weighted by Crippen LogP contribution is 2.37. The van der Waals surface area contributed by atoms with E-state index in [1.165, 1.54) is 11.1 Å². The van der Waals surface area contributed by atoms with Crippen LogP contribution in [0.1, 0.15) is 29.7 Å². The number of pyridine rings is 1. The Morgan fingerprint density at radius 1 is 1.17 bits per heavy atom. The maximum absolute atomic E-state index is 12.7. The third-order valence-electron chi connectivity index (χ3n) is 4.91. The van der Waals surface area contributed by atoms with Crippen molar-refractivity contribution < 1.29 is 27.8 Å². The Balaban J connectivity index is 1.90. The van der Waals surface area contributed by atoms with Crippen molar-refractivity contribution in [2.75, 3.05) is 7.05 Å². The Morgan fingerprint density at radius 2 is 1.90 bits per heavy atom. The van der Waals surface area contributed by atoms with Gasteiger partial charge in [-0.2, -0.15) is 8.78 Å². The summed E-state index contributed by atoms with van der Waals surface area (Å²) in [5, 5.41) is 2.31. The first-order valence-electron chi connectivity index (χ1n) is 8.95. The molecule has 1 fully saturated rings. The average Bonchev–Trinajstić information content (AvgIpc) is 2.64. The number of urea groups is 1. The van der Waals surface area contributed by atoms with Crippen molar-refractivity contribution in [2.45, 2.75) is 33.4 Å². The summed E-state index contributed by atoms with van der Waals surface area (Å²) >= 11 is 0. The van der Waals surface area contributed by atoms with E-state index in [4.69, 9.17) is 4.74 Å². The largest absolute Gasteiger partial charge is 0.436 e. The number of nitrogens with one attached hydrogen (secondary N) is 1. The van der Waals surface area contributed by atoms with E-state index in [2.05, 4.69) is 15.0 Å². The fourth-order valence-corrected chi connectivity index (χ4v) is 3.37. The molecule has 2 atom stereocenters. The lowest BCUT2D eigenvalue weighted by molar-refractivity contribution is -0.127. The van der Waals surface area contributed by atoms with Gasteiger partial charge in [0.05, 0.1) is 12.0 Å². The molecule has 0 bridgehead atoms. The molecule has 3 rings (SSSR count). The number of nitrogens with zero attached hydrogens (tertiary/aromatic N) is 2. The van der Waals surface area contributed by atoms with Crippen LogP contribution in [-0.4, -0.2) is 35.5 Å². The van der Waals surface area contributed by atoms with Crippen molar-refractivity contribution in [3.8, 4) is 17.4 Å². The molecule has 2 aromatic rings. The number of halogens is 2. The molecular weight excluding hydrogens is 384 g/mol. The molecule has 0 saturated carbocycles. The second-order valence-electron chi connectivity index (χ2n) is 6.90. The zero-order chi connectivity index (χ0) is 21.3. The number of carbonyl (C=O) groups is 2. The van der Waals surface area contributed by atoms with Gasteiger partial charge in [-0.3, -0.25) is 10.1 Å². The van der Waals surface area contributed by atoms with Crippen LogP contribution in [0.3, 0.4) is 0 Å². The molecule has 3 amide bonds. The fraction of sp³-hybridized carbons (Fsp3) is 0.350. The highest BCUT2D eigenvalue weighted by molar-refractivity contribution is 5.98. The summed E-state index contributed by atoms with van der Waals surface area (Å²) in [7, 11) is 1.62. The number of carbonyl (C=O) groups excluding carboxylic acids is 2. The fourth-order valence-electron chi connectivity index (χ4n) is 3.37. The van der Waals surface area contributed by atoms with Crippen LogP contribution in [0.4, 0.5) is 13.6 Å². The summed E-state index contributed by atoms with van der Waals surface area (Å²) in [6.45, 7) is 2.18. The van der Waals surface area contributed by atoms with Gasteiger partial charge in [-0.05, 0) is 48.7 Å². The molecule has 2 unspecified atom stereocenters. The topological polar surface area (TPSA) is 80.8 Å². The predicted molar refractivity (Wildman–Crippen MR) is 100 cm³/mol. The minimum Gasteiger partial charge on any atom is -0.436 e. The predicted octanol–water partition coefficient (Wildman–Crippen LogP) is 3.95. The molecule has 2 heterocycles. The van der Waals surface area contributed by atoms with Crippen LogP contribution in [0.2, 0.25) is 0 Å². The minimum absolute atomic E-state index is 0.0739. The third kappa shape index (κ3) is 4.13. The lowest BCUT2D eigenvalue weighted by atomic mass is 9.88. The number of ether oxygens (including phenoxy) is 2. The smallest absolute Gasteiger partial charge is 0.387 e. The van der Waals surface area contributed by atoms with Gasteiger partial charge in [0.2, 0.25) is 5.91 Å². The summed E-state index contributed by atoms with van der Waals surface area (Å²) in [6.07, 6.45) is 1.44. The summed E-state index contributed by atoms with van der Waals surface area (Å²) in [6, 6.07) is 5.73. The van der Waals surface area contributed by atoms with Crippen LogP contribution < -0.4 is 14.8 Å². The number of aryl methyl sites for hydroxylation is 2. The van der Waals surface area contributed by atoms with Crippen molar-refractivity contribution in [2.24, 2.45) is 5.92 Å². The van der Waals surface area contributed by atoms with Crippen molar-refractivity contribution in [3.63, 3.8) is 0 Å². The van der Waals surface area contributed by atoms with Gasteiger partial charge in [-0.1, -0.05) is 13.0 Å². The number of aromatic nitrogens is 1. The molecule has 1 aromatic heterocycles. The number of imide groups is 1. The highest BCUT2D eigenvalue weighted by Gasteiger charge is 2.38. The van der Waals surface area contributed by atoms with Gasteiger partial charge in [-0.25, -0.2) is 9.78 Å². The normalized spacial score (nSPS) is 19.3. The number of benzene rings is 1. The Labute approximate surface area is 166 Å².